The molecule has 0 saturated carbocycles. The molecule has 2 aromatic carbocycles. The standard InChI is InChI=1S/C26H28N2O6/c1-3-33-22-11-10-18(15-28-24(30)19-8-4-5-9-20(19)25(28)31)13-21(22)26(32)34-16-23(29)27-12-6-7-17(2)14-27/h4-5,8-11,13,17H,3,6-7,12,14-16H2,1-2H3. The van der Waals surface area contributed by atoms with Crippen LogP contribution in [0.25, 0.3) is 0 Å². The highest BCUT2D eigenvalue weighted by atomic mass is 16.5. The van der Waals surface area contributed by atoms with Crippen molar-refractivity contribution < 1.29 is 28.7 Å². The largest absolute Gasteiger partial charge is 0.493 e. The van der Waals surface area contributed by atoms with Crippen molar-refractivity contribution in [1.29, 1.82) is 0 Å². The van der Waals surface area contributed by atoms with Crippen molar-refractivity contribution in [3.05, 3.63) is 64.7 Å². The van der Waals surface area contributed by atoms with Crippen LogP contribution in [0.1, 0.15) is 63.3 Å². The number of ether oxygens (including phenoxy) is 2. The van der Waals surface area contributed by atoms with E-state index in [-0.39, 0.29) is 36.4 Å². The van der Waals surface area contributed by atoms with Crippen LogP contribution in [-0.2, 0) is 16.1 Å². The minimum atomic E-state index is -0.689. The molecule has 3 amide bonds. The van der Waals surface area contributed by atoms with Gasteiger partial charge in [-0.25, -0.2) is 4.79 Å². The van der Waals surface area contributed by atoms with Crippen molar-refractivity contribution in [2.75, 3.05) is 26.3 Å². The number of carbonyl (C=O) groups excluding carboxylic acids is 4. The van der Waals surface area contributed by atoms with E-state index in [1.807, 2.05) is 0 Å². The summed E-state index contributed by atoms with van der Waals surface area (Å²) in [5, 5.41) is 0. The zero-order chi connectivity index (χ0) is 24.2. The second-order valence-electron chi connectivity index (χ2n) is 8.67. The van der Waals surface area contributed by atoms with Crippen molar-refractivity contribution >= 4 is 23.7 Å². The van der Waals surface area contributed by atoms with E-state index in [1.54, 1.807) is 54.3 Å². The molecule has 0 radical (unpaired) electrons. The molecule has 1 unspecified atom stereocenters. The number of fused-ring (bicyclic) bond motifs is 1. The molecule has 178 valence electrons. The monoisotopic (exact) mass is 464 g/mol. The smallest absolute Gasteiger partial charge is 0.342 e. The SMILES string of the molecule is CCOc1ccc(CN2C(=O)c3ccccc3C2=O)cc1C(=O)OCC(=O)N1CCCC(C)C1. The zero-order valence-electron chi connectivity index (χ0n) is 19.4. The van der Waals surface area contributed by atoms with Gasteiger partial charge in [-0.15, -0.1) is 0 Å². The number of amides is 3. The van der Waals surface area contributed by atoms with Crippen molar-refractivity contribution in [2.24, 2.45) is 5.92 Å². The maximum atomic E-state index is 12.9. The van der Waals surface area contributed by atoms with E-state index < -0.39 is 5.97 Å². The number of likely N-dealkylation sites (tertiary alicyclic amines) is 1. The van der Waals surface area contributed by atoms with Crippen LogP contribution in [0.15, 0.2) is 42.5 Å². The molecule has 8 nitrogen and oxygen atoms in total. The number of esters is 1. The number of nitrogens with zero attached hydrogens (tertiary/aromatic N) is 2. The predicted molar refractivity (Wildman–Crippen MR) is 124 cm³/mol. The zero-order valence-corrected chi connectivity index (χ0v) is 19.4. The van der Waals surface area contributed by atoms with Gasteiger partial charge in [-0.2, -0.15) is 0 Å². The summed E-state index contributed by atoms with van der Waals surface area (Å²) in [6.45, 7) is 5.21. The number of hydrogen-bond donors (Lipinski definition) is 0. The molecule has 0 spiro atoms. The Labute approximate surface area is 198 Å². The lowest BCUT2D eigenvalue weighted by Gasteiger charge is -2.30. The Morgan fingerprint density at radius 2 is 1.76 bits per heavy atom. The molecule has 1 fully saturated rings. The Kier molecular flexibility index (Phi) is 6.95. The van der Waals surface area contributed by atoms with Crippen LogP contribution >= 0.6 is 0 Å². The summed E-state index contributed by atoms with van der Waals surface area (Å²) in [5.41, 5.74) is 1.45. The van der Waals surface area contributed by atoms with E-state index >= 15 is 0 Å². The van der Waals surface area contributed by atoms with Crippen LogP contribution in [0, 0.1) is 5.92 Å². The quantitative estimate of drug-likeness (QED) is 0.461. The Bertz CT molecular complexity index is 1090. The summed E-state index contributed by atoms with van der Waals surface area (Å²) in [6.07, 6.45) is 2.02. The molecule has 1 atom stereocenters. The third-order valence-electron chi connectivity index (χ3n) is 6.12. The van der Waals surface area contributed by atoms with Gasteiger partial charge >= 0.3 is 5.97 Å². The second kappa shape index (κ2) is 10.1. The first-order valence-electron chi connectivity index (χ1n) is 11.5. The number of hydrogen-bond acceptors (Lipinski definition) is 6. The average molecular weight is 465 g/mol. The molecular weight excluding hydrogens is 436 g/mol. The summed E-state index contributed by atoms with van der Waals surface area (Å²) < 4.78 is 10.9. The molecule has 2 aliphatic rings. The highest BCUT2D eigenvalue weighted by Crippen LogP contribution is 2.27. The molecular formula is C26H28N2O6. The summed E-state index contributed by atoms with van der Waals surface area (Å²) >= 11 is 0. The molecule has 2 heterocycles. The summed E-state index contributed by atoms with van der Waals surface area (Å²) in [5.74, 6) is -0.916. The highest BCUT2D eigenvalue weighted by molar-refractivity contribution is 6.21. The molecule has 8 heteroatoms. The Hall–Kier alpha value is -3.68. The molecule has 34 heavy (non-hydrogen) atoms. The van der Waals surface area contributed by atoms with Crippen molar-refractivity contribution in [1.82, 2.24) is 9.80 Å². The van der Waals surface area contributed by atoms with Crippen LogP contribution in [0.3, 0.4) is 0 Å². The van der Waals surface area contributed by atoms with E-state index in [0.29, 0.717) is 48.1 Å². The first-order valence-corrected chi connectivity index (χ1v) is 11.5. The number of imide groups is 1. The molecule has 2 aromatic rings. The summed E-state index contributed by atoms with van der Waals surface area (Å²) in [7, 11) is 0. The topological polar surface area (TPSA) is 93.2 Å². The summed E-state index contributed by atoms with van der Waals surface area (Å²) in [6, 6.07) is 11.5. The second-order valence-corrected chi connectivity index (χ2v) is 8.67. The van der Waals surface area contributed by atoms with Crippen LogP contribution in [-0.4, -0.2) is 59.8 Å². The van der Waals surface area contributed by atoms with E-state index in [0.717, 1.165) is 17.7 Å². The van der Waals surface area contributed by atoms with Gasteiger partial charge in [0.25, 0.3) is 17.7 Å². The Morgan fingerprint density at radius 1 is 1.06 bits per heavy atom. The van der Waals surface area contributed by atoms with Gasteiger partial charge in [0.2, 0.25) is 0 Å². The van der Waals surface area contributed by atoms with Gasteiger partial charge < -0.3 is 14.4 Å². The van der Waals surface area contributed by atoms with Gasteiger partial charge in [0.15, 0.2) is 6.61 Å². The van der Waals surface area contributed by atoms with Crippen molar-refractivity contribution in [3.63, 3.8) is 0 Å². The summed E-state index contributed by atoms with van der Waals surface area (Å²) in [4.78, 5) is 53.6. The predicted octanol–water partition coefficient (Wildman–Crippen LogP) is 3.30. The fraction of sp³-hybridized carbons (Fsp3) is 0.385. The maximum absolute atomic E-state index is 12.9. The minimum absolute atomic E-state index is 0.00360. The van der Waals surface area contributed by atoms with Crippen molar-refractivity contribution in [2.45, 2.75) is 33.2 Å². The highest BCUT2D eigenvalue weighted by Gasteiger charge is 2.35. The van der Waals surface area contributed by atoms with E-state index in [2.05, 4.69) is 6.92 Å². The Morgan fingerprint density at radius 3 is 2.41 bits per heavy atom. The van der Waals surface area contributed by atoms with Gasteiger partial charge in [-0.1, -0.05) is 25.1 Å². The van der Waals surface area contributed by atoms with Crippen LogP contribution in [0.2, 0.25) is 0 Å². The third kappa shape index (κ3) is 4.81. The fourth-order valence-corrected chi connectivity index (χ4v) is 4.39. The number of carbonyl (C=O) groups is 4. The molecule has 4 rings (SSSR count). The number of benzene rings is 2. The normalized spacial score (nSPS) is 17.5. The molecule has 0 bridgehead atoms. The Balaban J connectivity index is 1.48. The lowest BCUT2D eigenvalue weighted by Crippen LogP contribution is -2.41. The van der Waals surface area contributed by atoms with E-state index in [4.69, 9.17) is 9.47 Å². The van der Waals surface area contributed by atoms with Gasteiger partial charge in [-0.05, 0) is 55.5 Å². The lowest BCUT2D eigenvalue weighted by molar-refractivity contribution is -0.136. The fourth-order valence-electron chi connectivity index (χ4n) is 4.39. The molecule has 2 aliphatic heterocycles. The van der Waals surface area contributed by atoms with Gasteiger partial charge in [0, 0.05) is 13.1 Å². The van der Waals surface area contributed by atoms with Gasteiger partial charge in [-0.3, -0.25) is 19.3 Å². The van der Waals surface area contributed by atoms with Crippen LogP contribution < -0.4 is 4.74 Å². The molecule has 0 aliphatic carbocycles. The van der Waals surface area contributed by atoms with Crippen LogP contribution in [0.4, 0.5) is 0 Å². The molecule has 0 N–H and O–H groups in total. The molecule has 1 saturated heterocycles. The van der Waals surface area contributed by atoms with Crippen LogP contribution in [0.5, 0.6) is 5.75 Å². The van der Waals surface area contributed by atoms with Gasteiger partial charge in [0.05, 0.1) is 24.3 Å². The first-order chi connectivity index (χ1) is 16.4. The first kappa shape index (κ1) is 23.5. The number of rotatable bonds is 7. The number of piperidine rings is 1. The lowest BCUT2D eigenvalue weighted by atomic mass is 10.0. The molecule has 0 aromatic heterocycles. The minimum Gasteiger partial charge on any atom is -0.493 e. The van der Waals surface area contributed by atoms with Gasteiger partial charge in [0.1, 0.15) is 11.3 Å². The maximum Gasteiger partial charge on any atom is 0.342 e. The average Bonchev–Trinajstić information content (AvgIpc) is 3.08. The van der Waals surface area contributed by atoms with E-state index in [1.165, 1.54) is 0 Å². The van der Waals surface area contributed by atoms with Crippen molar-refractivity contribution in [3.8, 4) is 5.75 Å². The third-order valence-corrected chi connectivity index (χ3v) is 6.12. The van der Waals surface area contributed by atoms with E-state index in [9.17, 15) is 19.2 Å².